The highest BCUT2D eigenvalue weighted by molar-refractivity contribution is 5.83. The van der Waals surface area contributed by atoms with Crippen LogP contribution in [0.4, 0.5) is 0 Å². The summed E-state index contributed by atoms with van der Waals surface area (Å²) in [5, 5.41) is 2.93. The number of nitrogens with one attached hydrogen (secondary N) is 1. The quantitative estimate of drug-likeness (QED) is 0.773. The second-order valence-corrected chi connectivity index (χ2v) is 4.34. The van der Waals surface area contributed by atoms with Crippen molar-refractivity contribution in [3.63, 3.8) is 0 Å². The van der Waals surface area contributed by atoms with E-state index in [9.17, 15) is 4.79 Å². The van der Waals surface area contributed by atoms with Crippen molar-refractivity contribution >= 4 is 5.91 Å². The Morgan fingerprint density at radius 3 is 2.61 bits per heavy atom. The van der Waals surface area contributed by atoms with Gasteiger partial charge in [0, 0.05) is 7.11 Å². The van der Waals surface area contributed by atoms with Crippen LogP contribution < -0.4 is 11.1 Å². The van der Waals surface area contributed by atoms with Crippen molar-refractivity contribution in [2.45, 2.75) is 31.8 Å². The van der Waals surface area contributed by atoms with E-state index >= 15 is 0 Å². The number of hydrogen-bond donors (Lipinski definition) is 2. The second kappa shape index (κ2) is 7.84. The van der Waals surface area contributed by atoms with Gasteiger partial charge < -0.3 is 15.8 Å². The fraction of sp³-hybridized carbons (Fsp3) is 0.500. The van der Waals surface area contributed by atoms with Crippen LogP contribution in [-0.4, -0.2) is 25.7 Å². The average Bonchev–Trinajstić information content (AvgIpc) is 2.39. The summed E-state index contributed by atoms with van der Waals surface area (Å²) in [7, 11) is 1.63. The largest absolute Gasteiger partial charge is 0.383 e. The molecule has 4 nitrogen and oxygen atoms in total. The van der Waals surface area contributed by atoms with E-state index in [-0.39, 0.29) is 11.9 Å². The number of methoxy groups -OCH3 is 1. The SMILES string of the molecule is CCCC(COC)NC(=O)[C@@H](N)c1ccccc1. The van der Waals surface area contributed by atoms with E-state index in [4.69, 9.17) is 10.5 Å². The molecule has 0 radical (unpaired) electrons. The van der Waals surface area contributed by atoms with Crippen molar-refractivity contribution in [3.8, 4) is 0 Å². The molecule has 100 valence electrons. The summed E-state index contributed by atoms with van der Waals surface area (Å²) in [6, 6.07) is 8.77. The standard InChI is InChI=1S/C14H22N2O2/c1-3-7-12(10-18-2)16-14(17)13(15)11-8-5-4-6-9-11/h4-6,8-9,12-13H,3,7,10,15H2,1-2H3,(H,16,17)/t12?,13-/m0/s1. The van der Waals surface area contributed by atoms with Gasteiger partial charge in [-0.05, 0) is 12.0 Å². The monoisotopic (exact) mass is 250 g/mol. The van der Waals surface area contributed by atoms with E-state index < -0.39 is 6.04 Å². The van der Waals surface area contributed by atoms with Gasteiger partial charge in [-0.1, -0.05) is 43.7 Å². The van der Waals surface area contributed by atoms with Crippen LogP contribution in [0, 0.1) is 0 Å². The highest BCUT2D eigenvalue weighted by Crippen LogP contribution is 2.10. The van der Waals surface area contributed by atoms with Crippen LogP contribution >= 0.6 is 0 Å². The molecule has 1 aromatic carbocycles. The van der Waals surface area contributed by atoms with Crippen LogP contribution in [0.1, 0.15) is 31.4 Å². The minimum atomic E-state index is -0.623. The maximum absolute atomic E-state index is 12.0. The summed E-state index contributed by atoms with van der Waals surface area (Å²) in [4.78, 5) is 12.0. The van der Waals surface area contributed by atoms with Crippen molar-refractivity contribution < 1.29 is 9.53 Å². The lowest BCUT2D eigenvalue weighted by Crippen LogP contribution is -2.42. The predicted octanol–water partition coefficient (Wildman–Crippen LogP) is 1.62. The Hall–Kier alpha value is -1.39. The first-order chi connectivity index (χ1) is 8.69. The third-order valence-electron chi connectivity index (χ3n) is 2.79. The first kappa shape index (κ1) is 14.7. The van der Waals surface area contributed by atoms with Gasteiger partial charge in [0.1, 0.15) is 6.04 Å². The number of nitrogens with two attached hydrogens (primary N) is 1. The molecule has 3 N–H and O–H groups in total. The topological polar surface area (TPSA) is 64.3 Å². The van der Waals surface area contributed by atoms with Crippen molar-refractivity contribution in [2.24, 2.45) is 5.73 Å². The van der Waals surface area contributed by atoms with Crippen LogP contribution in [0.25, 0.3) is 0 Å². The first-order valence-electron chi connectivity index (χ1n) is 6.28. The number of rotatable bonds is 7. The summed E-state index contributed by atoms with van der Waals surface area (Å²) in [6.07, 6.45) is 1.88. The Kier molecular flexibility index (Phi) is 6.39. The Morgan fingerprint density at radius 2 is 2.06 bits per heavy atom. The third-order valence-corrected chi connectivity index (χ3v) is 2.79. The summed E-state index contributed by atoms with van der Waals surface area (Å²) < 4.78 is 5.09. The molecule has 0 spiro atoms. The van der Waals surface area contributed by atoms with E-state index in [1.807, 2.05) is 30.3 Å². The Morgan fingerprint density at radius 1 is 1.39 bits per heavy atom. The van der Waals surface area contributed by atoms with Crippen LogP contribution in [0.3, 0.4) is 0 Å². The van der Waals surface area contributed by atoms with Crippen molar-refractivity contribution in [3.05, 3.63) is 35.9 Å². The van der Waals surface area contributed by atoms with E-state index in [1.165, 1.54) is 0 Å². The van der Waals surface area contributed by atoms with E-state index in [0.29, 0.717) is 6.61 Å². The van der Waals surface area contributed by atoms with Crippen molar-refractivity contribution in [2.75, 3.05) is 13.7 Å². The fourth-order valence-corrected chi connectivity index (χ4v) is 1.85. The second-order valence-electron chi connectivity index (χ2n) is 4.34. The maximum atomic E-state index is 12.0. The Labute approximate surface area is 109 Å². The molecule has 0 fully saturated rings. The zero-order chi connectivity index (χ0) is 13.4. The minimum absolute atomic E-state index is 0.0299. The molecule has 0 saturated carbocycles. The highest BCUT2D eigenvalue weighted by Gasteiger charge is 2.18. The first-order valence-corrected chi connectivity index (χ1v) is 6.28. The van der Waals surface area contributed by atoms with Gasteiger partial charge in [-0.2, -0.15) is 0 Å². The number of carbonyl (C=O) groups excluding carboxylic acids is 1. The molecular formula is C14H22N2O2. The van der Waals surface area contributed by atoms with Crippen LogP contribution in [-0.2, 0) is 9.53 Å². The lowest BCUT2D eigenvalue weighted by molar-refractivity contribution is -0.123. The van der Waals surface area contributed by atoms with Gasteiger partial charge in [0.05, 0.1) is 12.6 Å². The van der Waals surface area contributed by atoms with E-state index in [2.05, 4.69) is 12.2 Å². The molecule has 0 aliphatic heterocycles. The molecule has 0 heterocycles. The van der Waals surface area contributed by atoms with Gasteiger partial charge in [0.25, 0.3) is 0 Å². The molecule has 0 aromatic heterocycles. The van der Waals surface area contributed by atoms with Gasteiger partial charge in [-0.25, -0.2) is 0 Å². The zero-order valence-corrected chi connectivity index (χ0v) is 11.1. The van der Waals surface area contributed by atoms with E-state index in [1.54, 1.807) is 7.11 Å². The summed E-state index contributed by atoms with van der Waals surface area (Å²) in [5.74, 6) is -0.156. The zero-order valence-electron chi connectivity index (χ0n) is 11.1. The summed E-state index contributed by atoms with van der Waals surface area (Å²) in [6.45, 7) is 2.59. The number of benzene rings is 1. The lowest BCUT2D eigenvalue weighted by Gasteiger charge is -2.20. The maximum Gasteiger partial charge on any atom is 0.241 e. The van der Waals surface area contributed by atoms with Crippen LogP contribution in [0.2, 0.25) is 0 Å². The van der Waals surface area contributed by atoms with Gasteiger partial charge in [-0.3, -0.25) is 4.79 Å². The highest BCUT2D eigenvalue weighted by atomic mass is 16.5. The molecular weight excluding hydrogens is 228 g/mol. The van der Waals surface area contributed by atoms with Gasteiger partial charge in [0.2, 0.25) is 5.91 Å². The molecule has 2 atom stereocenters. The van der Waals surface area contributed by atoms with Crippen LogP contribution in [0.5, 0.6) is 0 Å². The van der Waals surface area contributed by atoms with Crippen molar-refractivity contribution in [1.29, 1.82) is 0 Å². The van der Waals surface area contributed by atoms with Gasteiger partial charge in [-0.15, -0.1) is 0 Å². The summed E-state index contributed by atoms with van der Waals surface area (Å²) >= 11 is 0. The molecule has 0 aliphatic carbocycles. The molecule has 0 saturated heterocycles. The Balaban J connectivity index is 2.58. The fourth-order valence-electron chi connectivity index (χ4n) is 1.85. The molecule has 1 unspecified atom stereocenters. The normalized spacial score (nSPS) is 13.9. The minimum Gasteiger partial charge on any atom is -0.383 e. The molecule has 0 bridgehead atoms. The third kappa shape index (κ3) is 4.47. The van der Waals surface area contributed by atoms with Gasteiger partial charge >= 0.3 is 0 Å². The number of carbonyl (C=O) groups is 1. The van der Waals surface area contributed by atoms with Crippen molar-refractivity contribution in [1.82, 2.24) is 5.32 Å². The van der Waals surface area contributed by atoms with E-state index in [0.717, 1.165) is 18.4 Å². The number of hydrogen-bond acceptors (Lipinski definition) is 3. The number of ether oxygens (including phenoxy) is 1. The Bertz CT molecular complexity index is 348. The smallest absolute Gasteiger partial charge is 0.241 e. The predicted molar refractivity (Wildman–Crippen MR) is 72.1 cm³/mol. The molecule has 18 heavy (non-hydrogen) atoms. The number of amides is 1. The lowest BCUT2D eigenvalue weighted by atomic mass is 10.1. The molecule has 1 aromatic rings. The van der Waals surface area contributed by atoms with Gasteiger partial charge in [0.15, 0.2) is 0 Å². The molecule has 0 aliphatic rings. The average molecular weight is 250 g/mol. The molecule has 1 rings (SSSR count). The molecule has 1 amide bonds. The summed E-state index contributed by atoms with van der Waals surface area (Å²) in [5.41, 5.74) is 6.75. The van der Waals surface area contributed by atoms with Crippen LogP contribution in [0.15, 0.2) is 30.3 Å². The molecule has 4 heteroatoms.